The molecule has 0 saturated carbocycles. The lowest BCUT2D eigenvalue weighted by molar-refractivity contribution is -0.138. The van der Waals surface area contributed by atoms with E-state index in [4.69, 9.17) is 14.2 Å². The van der Waals surface area contributed by atoms with Gasteiger partial charge in [0.05, 0.1) is 14.2 Å². The van der Waals surface area contributed by atoms with E-state index in [1.165, 1.54) is 31.4 Å². The Kier molecular flexibility index (Phi) is 5.74. The van der Waals surface area contributed by atoms with Gasteiger partial charge in [0.25, 0.3) is 0 Å². The molecule has 120 valence electrons. The first kappa shape index (κ1) is 16.5. The number of hydrogen-bond donors (Lipinski definition) is 0. The SMILES string of the molecule is COc1ccc(COC(=O)/C=C/c2cccc(F)c2)cc1OC. The molecule has 0 spiro atoms. The van der Waals surface area contributed by atoms with Gasteiger partial charge in [0, 0.05) is 6.08 Å². The number of hydrogen-bond acceptors (Lipinski definition) is 4. The molecule has 2 rings (SSSR count). The Bertz CT molecular complexity index is 710. The number of halogens is 1. The molecule has 0 saturated heterocycles. The van der Waals surface area contributed by atoms with E-state index >= 15 is 0 Å². The largest absolute Gasteiger partial charge is 0.493 e. The van der Waals surface area contributed by atoms with Crippen LogP contribution in [0.15, 0.2) is 48.5 Å². The van der Waals surface area contributed by atoms with E-state index in [1.54, 1.807) is 37.4 Å². The predicted octanol–water partition coefficient (Wildman–Crippen LogP) is 3.60. The average Bonchev–Trinajstić information content (AvgIpc) is 2.57. The van der Waals surface area contributed by atoms with Crippen LogP contribution >= 0.6 is 0 Å². The Balaban J connectivity index is 1.94. The molecule has 0 radical (unpaired) electrons. The smallest absolute Gasteiger partial charge is 0.331 e. The highest BCUT2D eigenvalue weighted by Gasteiger charge is 2.06. The van der Waals surface area contributed by atoms with Crippen LogP contribution in [0.1, 0.15) is 11.1 Å². The Morgan fingerprint density at radius 1 is 1.09 bits per heavy atom. The number of rotatable bonds is 6. The minimum Gasteiger partial charge on any atom is -0.493 e. The van der Waals surface area contributed by atoms with Crippen molar-refractivity contribution in [1.29, 1.82) is 0 Å². The molecule has 0 aliphatic heterocycles. The van der Waals surface area contributed by atoms with Gasteiger partial charge in [-0.25, -0.2) is 9.18 Å². The van der Waals surface area contributed by atoms with Crippen molar-refractivity contribution < 1.29 is 23.4 Å². The number of carbonyl (C=O) groups excluding carboxylic acids is 1. The Hall–Kier alpha value is -2.82. The minimum absolute atomic E-state index is 0.104. The van der Waals surface area contributed by atoms with Crippen LogP contribution in [0.25, 0.3) is 6.08 Å². The van der Waals surface area contributed by atoms with Crippen molar-refractivity contribution in [3.63, 3.8) is 0 Å². The van der Waals surface area contributed by atoms with Crippen molar-refractivity contribution in [2.75, 3.05) is 14.2 Å². The summed E-state index contributed by atoms with van der Waals surface area (Å²) in [7, 11) is 3.09. The third kappa shape index (κ3) is 4.85. The van der Waals surface area contributed by atoms with Gasteiger partial charge in [0.1, 0.15) is 12.4 Å². The monoisotopic (exact) mass is 316 g/mol. The molecule has 0 unspecified atom stereocenters. The number of carbonyl (C=O) groups is 1. The number of benzene rings is 2. The van der Waals surface area contributed by atoms with E-state index in [-0.39, 0.29) is 12.4 Å². The molecule has 0 aliphatic carbocycles. The van der Waals surface area contributed by atoms with Crippen molar-refractivity contribution in [2.45, 2.75) is 6.61 Å². The van der Waals surface area contributed by atoms with Crippen LogP contribution < -0.4 is 9.47 Å². The molecule has 4 nitrogen and oxygen atoms in total. The lowest BCUT2D eigenvalue weighted by atomic mass is 10.2. The molecule has 5 heteroatoms. The van der Waals surface area contributed by atoms with Crippen molar-refractivity contribution in [1.82, 2.24) is 0 Å². The van der Waals surface area contributed by atoms with Gasteiger partial charge in [0.15, 0.2) is 11.5 Å². The van der Waals surface area contributed by atoms with Gasteiger partial charge in [-0.05, 0) is 41.5 Å². The maximum Gasteiger partial charge on any atom is 0.331 e. The zero-order valence-corrected chi connectivity index (χ0v) is 12.9. The number of esters is 1. The summed E-state index contributed by atoms with van der Waals surface area (Å²) in [6.45, 7) is 0.104. The molecule has 2 aromatic carbocycles. The zero-order chi connectivity index (χ0) is 16.7. The van der Waals surface area contributed by atoms with Gasteiger partial charge in [-0.2, -0.15) is 0 Å². The van der Waals surface area contributed by atoms with E-state index in [9.17, 15) is 9.18 Å². The molecule has 0 atom stereocenters. The normalized spacial score (nSPS) is 10.6. The molecule has 0 aromatic heterocycles. The van der Waals surface area contributed by atoms with Crippen molar-refractivity contribution >= 4 is 12.0 Å². The highest BCUT2D eigenvalue weighted by molar-refractivity contribution is 5.87. The highest BCUT2D eigenvalue weighted by Crippen LogP contribution is 2.27. The van der Waals surface area contributed by atoms with Crippen LogP contribution in [0.2, 0.25) is 0 Å². The molecule has 0 aliphatic rings. The molecule has 0 bridgehead atoms. The summed E-state index contributed by atoms with van der Waals surface area (Å²) in [6, 6.07) is 11.2. The standard InChI is InChI=1S/C18H17FO4/c1-21-16-8-6-14(11-17(16)22-2)12-23-18(20)9-7-13-4-3-5-15(19)10-13/h3-11H,12H2,1-2H3/b9-7+. The van der Waals surface area contributed by atoms with Crippen molar-refractivity contribution in [2.24, 2.45) is 0 Å². The first-order valence-corrected chi connectivity index (χ1v) is 6.93. The van der Waals surface area contributed by atoms with Crippen LogP contribution in [0.4, 0.5) is 4.39 Å². The van der Waals surface area contributed by atoms with Crippen LogP contribution in [-0.2, 0) is 16.1 Å². The Labute approximate surface area is 134 Å². The van der Waals surface area contributed by atoms with E-state index < -0.39 is 5.97 Å². The summed E-state index contributed by atoms with van der Waals surface area (Å²) in [5.41, 5.74) is 1.36. The lowest BCUT2D eigenvalue weighted by Gasteiger charge is -2.09. The van der Waals surface area contributed by atoms with E-state index in [0.717, 1.165) is 5.56 Å². The topological polar surface area (TPSA) is 44.8 Å². The third-order valence-electron chi connectivity index (χ3n) is 3.09. The van der Waals surface area contributed by atoms with Gasteiger partial charge >= 0.3 is 5.97 Å². The maximum atomic E-state index is 13.0. The van der Waals surface area contributed by atoms with Crippen LogP contribution in [-0.4, -0.2) is 20.2 Å². The highest BCUT2D eigenvalue weighted by atomic mass is 19.1. The molecule has 23 heavy (non-hydrogen) atoms. The van der Waals surface area contributed by atoms with Crippen LogP contribution in [0.3, 0.4) is 0 Å². The molecule has 0 N–H and O–H groups in total. The fourth-order valence-corrected chi connectivity index (χ4v) is 1.95. The maximum absolute atomic E-state index is 13.0. The van der Waals surface area contributed by atoms with E-state index in [2.05, 4.69) is 0 Å². The molecular weight excluding hydrogens is 299 g/mol. The quantitative estimate of drug-likeness (QED) is 0.603. The van der Waals surface area contributed by atoms with Gasteiger partial charge in [-0.15, -0.1) is 0 Å². The second-order valence-electron chi connectivity index (χ2n) is 4.69. The fourth-order valence-electron chi connectivity index (χ4n) is 1.95. The van der Waals surface area contributed by atoms with E-state index in [1.807, 2.05) is 0 Å². The minimum atomic E-state index is -0.510. The van der Waals surface area contributed by atoms with Crippen molar-refractivity contribution in [3.05, 3.63) is 65.5 Å². The second kappa shape index (κ2) is 7.98. The van der Waals surface area contributed by atoms with Gasteiger partial charge in [0.2, 0.25) is 0 Å². The number of ether oxygens (including phenoxy) is 3. The Morgan fingerprint density at radius 3 is 2.57 bits per heavy atom. The summed E-state index contributed by atoms with van der Waals surface area (Å²) >= 11 is 0. The van der Waals surface area contributed by atoms with Crippen molar-refractivity contribution in [3.8, 4) is 11.5 Å². The molecular formula is C18H17FO4. The summed E-state index contributed by atoms with van der Waals surface area (Å²) in [5, 5.41) is 0. The average molecular weight is 316 g/mol. The second-order valence-corrected chi connectivity index (χ2v) is 4.69. The third-order valence-corrected chi connectivity index (χ3v) is 3.09. The van der Waals surface area contributed by atoms with Crippen LogP contribution in [0, 0.1) is 5.82 Å². The molecule has 0 heterocycles. The van der Waals surface area contributed by atoms with Gasteiger partial charge < -0.3 is 14.2 Å². The zero-order valence-electron chi connectivity index (χ0n) is 12.9. The summed E-state index contributed by atoms with van der Waals surface area (Å²) in [4.78, 5) is 11.7. The lowest BCUT2D eigenvalue weighted by Crippen LogP contribution is -2.01. The van der Waals surface area contributed by atoms with Crippen LogP contribution in [0.5, 0.6) is 11.5 Å². The first-order valence-electron chi connectivity index (χ1n) is 6.93. The Morgan fingerprint density at radius 2 is 1.87 bits per heavy atom. The first-order chi connectivity index (χ1) is 11.1. The van der Waals surface area contributed by atoms with Gasteiger partial charge in [-0.1, -0.05) is 18.2 Å². The van der Waals surface area contributed by atoms with Gasteiger partial charge in [-0.3, -0.25) is 0 Å². The van der Waals surface area contributed by atoms with E-state index in [0.29, 0.717) is 17.1 Å². The summed E-state index contributed by atoms with van der Waals surface area (Å²) < 4.78 is 28.5. The molecule has 0 amide bonds. The molecule has 0 fully saturated rings. The summed E-state index contributed by atoms with van der Waals surface area (Å²) in [6.07, 6.45) is 2.76. The fraction of sp³-hybridized carbons (Fsp3) is 0.167. The predicted molar refractivity (Wildman–Crippen MR) is 84.8 cm³/mol. The molecule has 2 aromatic rings. The number of methoxy groups -OCH3 is 2. The summed E-state index contributed by atoms with van der Waals surface area (Å²) in [5.74, 6) is 0.305.